The normalized spacial score (nSPS) is 10.7. The number of hydrogen-bond donors (Lipinski definition) is 1. The van der Waals surface area contributed by atoms with Gasteiger partial charge in [-0.25, -0.2) is 4.39 Å². The molecule has 0 bridgehead atoms. The molecular formula is C23H20FN7O. The van der Waals surface area contributed by atoms with Gasteiger partial charge in [-0.1, -0.05) is 18.2 Å². The van der Waals surface area contributed by atoms with E-state index in [0.717, 1.165) is 21.7 Å². The number of aryl methyl sites for hydroxylation is 1. The minimum atomic E-state index is -0.407. The topological polar surface area (TPSA) is 101 Å². The minimum Gasteiger partial charge on any atom is -0.309 e. The van der Waals surface area contributed by atoms with Gasteiger partial charge < -0.3 is 5.32 Å². The summed E-state index contributed by atoms with van der Waals surface area (Å²) in [6, 6.07) is 16.2. The molecule has 0 unspecified atom stereocenters. The molecule has 4 aromatic rings. The van der Waals surface area contributed by atoms with Crippen LogP contribution in [0.15, 0.2) is 48.5 Å². The molecule has 0 atom stereocenters. The SMILES string of the molecule is Cc1cc(-c2nnn(CC(=O)Nc3c(C#N)c(C)c(C)n3-c3ccccc3)n2)ccc1F. The van der Waals surface area contributed by atoms with Crippen molar-refractivity contribution in [3.63, 3.8) is 0 Å². The van der Waals surface area contributed by atoms with Crippen LogP contribution in [0.5, 0.6) is 0 Å². The second-order valence-corrected chi connectivity index (χ2v) is 7.37. The van der Waals surface area contributed by atoms with Gasteiger partial charge >= 0.3 is 0 Å². The van der Waals surface area contributed by atoms with Crippen molar-refractivity contribution >= 4 is 11.7 Å². The summed E-state index contributed by atoms with van der Waals surface area (Å²) in [6.45, 7) is 5.19. The molecule has 0 aliphatic heterocycles. The van der Waals surface area contributed by atoms with Gasteiger partial charge in [0.15, 0.2) is 0 Å². The van der Waals surface area contributed by atoms with Crippen LogP contribution in [-0.4, -0.2) is 30.7 Å². The van der Waals surface area contributed by atoms with E-state index in [9.17, 15) is 14.4 Å². The number of rotatable bonds is 5. The number of benzene rings is 2. The largest absolute Gasteiger partial charge is 0.309 e. The van der Waals surface area contributed by atoms with Crippen molar-refractivity contribution in [1.29, 1.82) is 5.26 Å². The first-order valence-corrected chi connectivity index (χ1v) is 9.90. The number of carbonyl (C=O) groups excluding carboxylic acids is 1. The van der Waals surface area contributed by atoms with Gasteiger partial charge in [0.25, 0.3) is 0 Å². The van der Waals surface area contributed by atoms with E-state index in [-0.39, 0.29) is 18.2 Å². The number of halogens is 1. The summed E-state index contributed by atoms with van der Waals surface area (Å²) in [4.78, 5) is 13.9. The lowest BCUT2D eigenvalue weighted by molar-refractivity contribution is -0.117. The highest BCUT2D eigenvalue weighted by Crippen LogP contribution is 2.30. The molecule has 0 spiro atoms. The molecule has 0 saturated heterocycles. The third-order valence-electron chi connectivity index (χ3n) is 5.25. The first-order chi connectivity index (χ1) is 15.4. The summed E-state index contributed by atoms with van der Waals surface area (Å²) in [6.07, 6.45) is 0. The van der Waals surface area contributed by atoms with Gasteiger partial charge in [0.05, 0.1) is 5.56 Å². The average molecular weight is 429 g/mol. The van der Waals surface area contributed by atoms with E-state index in [1.807, 2.05) is 48.7 Å². The Morgan fingerprint density at radius 2 is 1.91 bits per heavy atom. The summed E-state index contributed by atoms with van der Waals surface area (Å²) >= 11 is 0. The standard InChI is InChI=1S/C23H20FN7O/c1-14-11-17(9-10-20(14)24)22-27-29-30(28-22)13-21(32)26-23-19(12-25)15(2)16(3)31(23)18-7-5-4-6-8-18/h4-11H,13H2,1-3H3,(H,26,32). The van der Waals surface area contributed by atoms with Crippen molar-refractivity contribution in [3.05, 3.63) is 76.7 Å². The Hall–Kier alpha value is -4.32. The maximum Gasteiger partial charge on any atom is 0.249 e. The highest BCUT2D eigenvalue weighted by Gasteiger charge is 2.21. The van der Waals surface area contributed by atoms with E-state index in [1.165, 1.54) is 6.07 Å². The minimum absolute atomic E-state index is 0.198. The van der Waals surface area contributed by atoms with Gasteiger partial charge in [-0.15, -0.1) is 10.2 Å². The number of hydrogen-bond acceptors (Lipinski definition) is 5. The predicted octanol–water partition coefficient (Wildman–Crippen LogP) is 3.71. The zero-order valence-corrected chi connectivity index (χ0v) is 17.8. The van der Waals surface area contributed by atoms with Gasteiger partial charge in [-0.05, 0) is 67.4 Å². The van der Waals surface area contributed by atoms with Crippen LogP contribution in [0.3, 0.4) is 0 Å². The lowest BCUT2D eigenvalue weighted by atomic mass is 10.1. The molecule has 9 heteroatoms. The Balaban J connectivity index is 1.59. The number of tetrazole rings is 1. The molecular weight excluding hydrogens is 409 g/mol. The van der Waals surface area contributed by atoms with Crippen molar-refractivity contribution in [2.75, 3.05) is 5.32 Å². The maximum atomic E-state index is 13.5. The van der Waals surface area contributed by atoms with Crippen molar-refractivity contribution in [1.82, 2.24) is 24.8 Å². The molecule has 2 aromatic carbocycles. The van der Waals surface area contributed by atoms with E-state index in [0.29, 0.717) is 22.5 Å². The van der Waals surface area contributed by atoms with E-state index >= 15 is 0 Å². The molecule has 1 N–H and O–H groups in total. The number of nitriles is 1. The van der Waals surface area contributed by atoms with Crippen LogP contribution < -0.4 is 5.32 Å². The highest BCUT2D eigenvalue weighted by atomic mass is 19.1. The van der Waals surface area contributed by atoms with E-state index in [4.69, 9.17) is 0 Å². The van der Waals surface area contributed by atoms with Crippen LogP contribution in [0, 0.1) is 37.9 Å². The molecule has 2 heterocycles. The fraction of sp³-hybridized carbons (Fsp3) is 0.174. The van der Waals surface area contributed by atoms with Gasteiger partial charge in [0.1, 0.15) is 24.2 Å². The molecule has 0 radical (unpaired) electrons. The van der Waals surface area contributed by atoms with Gasteiger partial charge in [0, 0.05) is 16.9 Å². The quantitative estimate of drug-likeness (QED) is 0.521. The van der Waals surface area contributed by atoms with Gasteiger partial charge in [-0.3, -0.25) is 9.36 Å². The predicted molar refractivity (Wildman–Crippen MR) is 117 cm³/mol. The zero-order chi connectivity index (χ0) is 22.8. The molecule has 32 heavy (non-hydrogen) atoms. The first-order valence-electron chi connectivity index (χ1n) is 9.90. The second-order valence-electron chi connectivity index (χ2n) is 7.37. The number of amides is 1. The van der Waals surface area contributed by atoms with Crippen LogP contribution >= 0.6 is 0 Å². The summed E-state index contributed by atoms with van der Waals surface area (Å²) in [7, 11) is 0. The van der Waals surface area contributed by atoms with E-state index < -0.39 is 5.91 Å². The molecule has 4 rings (SSSR count). The number of aromatic nitrogens is 5. The molecule has 0 aliphatic rings. The average Bonchev–Trinajstić information content (AvgIpc) is 3.33. The Morgan fingerprint density at radius 3 is 2.59 bits per heavy atom. The summed E-state index contributed by atoms with van der Waals surface area (Å²) in [5.41, 5.74) is 3.95. The number of nitrogens with one attached hydrogen (secondary N) is 1. The fourth-order valence-corrected chi connectivity index (χ4v) is 3.47. The number of para-hydroxylation sites is 1. The summed E-state index contributed by atoms with van der Waals surface area (Å²) in [5.74, 6) is -0.0394. The van der Waals surface area contributed by atoms with E-state index in [1.54, 1.807) is 19.1 Å². The van der Waals surface area contributed by atoms with Crippen LogP contribution in [-0.2, 0) is 11.3 Å². The van der Waals surface area contributed by atoms with Crippen molar-refractivity contribution in [2.45, 2.75) is 27.3 Å². The third-order valence-corrected chi connectivity index (χ3v) is 5.25. The molecule has 0 saturated carbocycles. The summed E-state index contributed by atoms with van der Waals surface area (Å²) < 4.78 is 15.3. The Bertz CT molecular complexity index is 1350. The van der Waals surface area contributed by atoms with Crippen molar-refractivity contribution in [3.8, 4) is 23.1 Å². The first kappa shape index (κ1) is 20.9. The van der Waals surface area contributed by atoms with Crippen molar-refractivity contribution < 1.29 is 9.18 Å². The fourth-order valence-electron chi connectivity index (χ4n) is 3.47. The smallest absolute Gasteiger partial charge is 0.249 e. The van der Waals surface area contributed by atoms with Gasteiger partial charge in [0.2, 0.25) is 11.7 Å². The highest BCUT2D eigenvalue weighted by molar-refractivity contribution is 5.92. The van der Waals surface area contributed by atoms with Crippen LogP contribution in [0.4, 0.5) is 10.2 Å². The van der Waals surface area contributed by atoms with Crippen LogP contribution in [0.2, 0.25) is 0 Å². The molecule has 0 fully saturated rings. The van der Waals surface area contributed by atoms with Crippen molar-refractivity contribution in [2.24, 2.45) is 0 Å². The Labute approximate surface area is 183 Å². The third kappa shape index (κ3) is 3.86. The monoisotopic (exact) mass is 429 g/mol. The molecule has 8 nitrogen and oxygen atoms in total. The number of nitrogens with zero attached hydrogens (tertiary/aromatic N) is 6. The molecule has 0 aliphatic carbocycles. The van der Waals surface area contributed by atoms with E-state index in [2.05, 4.69) is 26.8 Å². The Morgan fingerprint density at radius 1 is 1.16 bits per heavy atom. The number of carbonyl (C=O) groups is 1. The van der Waals surface area contributed by atoms with Gasteiger partial charge in [-0.2, -0.15) is 10.1 Å². The molecule has 160 valence electrons. The maximum absolute atomic E-state index is 13.5. The number of anilines is 1. The molecule has 2 aromatic heterocycles. The zero-order valence-electron chi connectivity index (χ0n) is 17.8. The molecule has 1 amide bonds. The van der Waals surface area contributed by atoms with Crippen LogP contribution in [0.1, 0.15) is 22.4 Å². The lowest BCUT2D eigenvalue weighted by Crippen LogP contribution is -2.22. The lowest BCUT2D eigenvalue weighted by Gasteiger charge is -2.13. The summed E-state index contributed by atoms with van der Waals surface area (Å²) in [5, 5.41) is 24.6. The Kier molecular flexibility index (Phi) is 5.52. The second kappa shape index (κ2) is 8.43. The van der Waals surface area contributed by atoms with Crippen LogP contribution in [0.25, 0.3) is 17.1 Å².